The average Bonchev–Trinajstić information content (AvgIpc) is 2.68. The van der Waals surface area contributed by atoms with E-state index >= 15 is 0 Å². The van der Waals surface area contributed by atoms with Gasteiger partial charge in [-0.2, -0.15) is 4.31 Å². The van der Waals surface area contributed by atoms with E-state index in [4.69, 9.17) is 9.47 Å². The monoisotopic (exact) mass is 399 g/mol. The maximum Gasteiger partial charge on any atom is 0.243 e. The highest BCUT2D eigenvalue weighted by atomic mass is 32.2. The van der Waals surface area contributed by atoms with Gasteiger partial charge in [-0.15, -0.1) is 0 Å². The van der Waals surface area contributed by atoms with Crippen molar-refractivity contribution < 1.29 is 22.7 Å². The first-order valence-corrected chi connectivity index (χ1v) is 10.5. The molecule has 1 aromatic rings. The normalized spacial score (nSPS) is 17.0. The molecule has 1 aliphatic rings. The zero-order valence-electron chi connectivity index (χ0n) is 16.2. The molecule has 152 valence electrons. The van der Waals surface area contributed by atoms with Crippen LogP contribution in [0.5, 0.6) is 0 Å². The summed E-state index contributed by atoms with van der Waals surface area (Å²) in [6.45, 7) is 4.75. The van der Waals surface area contributed by atoms with Gasteiger partial charge in [0.1, 0.15) is 0 Å². The molecule has 9 heteroatoms. The number of methoxy groups -OCH3 is 1. The van der Waals surface area contributed by atoms with Gasteiger partial charge in [-0.05, 0) is 44.7 Å². The number of rotatable bonds is 9. The summed E-state index contributed by atoms with van der Waals surface area (Å²) in [5.41, 5.74) is 0.568. The molecule has 1 aromatic carbocycles. The summed E-state index contributed by atoms with van der Waals surface area (Å²) in [6, 6.07) is 5.96. The summed E-state index contributed by atoms with van der Waals surface area (Å²) in [5, 5.41) is 2.83. The Morgan fingerprint density at radius 1 is 1.30 bits per heavy atom. The van der Waals surface area contributed by atoms with Gasteiger partial charge in [-0.3, -0.25) is 9.69 Å². The molecule has 2 rings (SSSR count). The number of likely N-dealkylation sites (N-methyl/N-ethyl adjacent to an activating group) is 1. The summed E-state index contributed by atoms with van der Waals surface area (Å²) in [5.74, 6) is -0.140. The minimum atomic E-state index is -3.53. The number of morpholine rings is 1. The van der Waals surface area contributed by atoms with Crippen molar-refractivity contribution in [3.8, 4) is 0 Å². The number of hydrogen-bond acceptors (Lipinski definition) is 6. The molecule has 0 saturated carbocycles. The topological polar surface area (TPSA) is 88.2 Å². The number of nitrogens with one attached hydrogen (secondary N) is 1. The lowest BCUT2D eigenvalue weighted by atomic mass is 10.2. The van der Waals surface area contributed by atoms with Crippen LogP contribution in [-0.2, 0) is 24.3 Å². The van der Waals surface area contributed by atoms with E-state index in [-0.39, 0.29) is 16.8 Å². The lowest BCUT2D eigenvalue weighted by Gasteiger charge is -2.26. The lowest BCUT2D eigenvalue weighted by Crippen LogP contribution is -2.40. The number of amides is 1. The Morgan fingerprint density at radius 2 is 1.93 bits per heavy atom. The van der Waals surface area contributed by atoms with Crippen molar-refractivity contribution in [2.24, 2.45) is 0 Å². The molecule has 0 aliphatic carbocycles. The predicted octanol–water partition coefficient (Wildman–Crippen LogP) is 1.00. The Morgan fingerprint density at radius 3 is 2.52 bits per heavy atom. The highest BCUT2D eigenvalue weighted by Crippen LogP contribution is 2.19. The van der Waals surface area contributed by atoms with Gasteiger partial charge in [0, 0.05) is 39.0 Å². The van der Waals surface area contributed by atoms with Crippen molar-refractivity contribution in [3.05, 3.63) is 24.3 Å². The summed E-state index contributed by atoms with van der Waals surface area (Å²) in [6.07, 6.45) is 0.846. The Hall–Kier alpha value is -1.52. The molecule has 0 spiro atoms. The molecule has 1 N–H and O–H groups in total. The number of hydrogen-bond donors (Lipinski definition) is 1. The summed E-state index contributed by atoms with van der Waals surface area (Å²) >= 11 is 0. The predicted molar refractivity (Wildman–Crippen MR) is 103 cm³/mol. The number of benzene rings is 1. The van der Waals surface area contributed by atoms with E-state index < -0.39 is 10.0 Å². The van der Waals surface area contributed by atoms with Crippen LogP contribution in [0, 0.1) is 0 Å². The number of nitrogens with zero attached hydrogens (tertiary/aromatic N) is 2. The molecule has 8 nitrogen and oxygen atoms in total. The standard InChI is InChI=1S/C18H29N3O5S/c1-15(20(2)9-4-12-25-3)18(22)19-16-5-7-17(8-6-16)27(23,24)21-10-13-26-14-11-21/h5-8,15H,4,9-14H2,1-3H3,(H,19,22). The number of sulfonamides is 1. The second-order valence-electron chi connectivity index (χ2n) is 6.53. The van der Waals surface area contributed by atoms with Gasteiger partial charge in [-0.25, -0.2) is 8.42 Å². The molecule has 1 fully saturated rings. The third-order valence-electron chi connectivity index (χ3n) is 4.63. The Labute approximate surface area is 161 Å². The van der Waals surface area contributed by atoms with Crippen LogP contribution < -0.4 is 5.32 Å². The van der Waals surface area contributed by atoms with Crippen molar-refractivity contribution in [2.75, 3.05) is 58.9 Å². The van der Waals surface area contributed by atoms with Crippen LogP contribution in [-0.4, -0.2) is 83.2 Å². The summed E-state index contributed by atoms with van der Waals surface area (Å²) in [7, 11) is 0.00934. The van der Waals surface area contributed by atoms with Gasteiger partial charge < -0.3 is 14.8 Å². The lowest BCUT2D eigenvalue weighted by molar-refractivity contribution is -0.120. The van der Waals surface area contributed by atoms with E-state index in [0.29, 0.717) is 38.6 Å². The highest BCUT2D eigenvalue weighted by Gasteiger charge is 2.26. The largest absolute Gasteiger partial charge is 0.385 e. The number of carbonyl (C=O) groups excluding carboxylic acids is 1. The third-order valence-corrected chi connectivity index (χ3v) is 6.54. The van der Waals surface area contributed by atoms with E-state index in [2.05, 4.69) is 5.32 Å². The Kier molecular flexibility index (Phi) is 8.18. The molecule has 1 aliphatic heterocycles. The minimum absolute atomic E-state index is 0.140. The molecule has 1 unspecified atom stereocenters. The number of ether oxygens (including phenoxy) is 2. The molecule has 0 aromatic heterocycles. The molecule has 1 atom stereocenters. The zero-order valence-corrected chi connectivity index (χ0v) is 17.0. The fourth-order valence-electron chi connectivity index (χ4n) is 2.75. The molecular formula is C18H29N3O5S. The van der Waals surface area contributed by atoms with E-state index in [1.54, 1.807) is 19.2 Å². The fourth-order valence-corrected chi connectivity index (χ4v) is 4.15. The van der Waals surface area contributed by atoms with Crippen LogP contribution in [0.25, 0.3) is 0 Å². The van der Waals surface area contributed by atoms with Crippen LogP contribution in [0.2, 0.25) is 0 Å². The van der Waals surface area contributed by atoms with Crippen molar-refractivity contribution in [1.82, 2.24) is 9.21 Å². The smallest absolute Gasteiger partial charge is 0.243 e. The van der Waals surface area contributed by atoms with Gasteiger partial charge in [-0.1, -0.05) is 0 Å². The molecule has 1 amide bonds. The van der Waals surface area contributed by atoms with Gasteiger partial charge in [0.2, 0.25) is 15.9 Å². The van der Waals surface area contributed by atoms with Crippen molar-refractivity contribution in [2.45, 2.75) is 24.3 Å². The molecular weight excluding hydrogens is 370 g/mol. The molecule has 1 saturated heterocycles. The van der Waals surface area contributed by atoms with Crippen LogP contribution in [0.1, 0.15) is 13.3 Å². The summed E-state index contributed by atoms with van der Waals surface area (Å²) < 4.78 is 36.9. The molecule has 0 radical (unpaired) electrons. The van der Waals surface area contributed by atoms with Crippen LogP contribution >= 0.6 is 0 Å². The average molecular weight is 400 g/mol. The van der Waals surface area contributed by atoms with Gasteiger partial charge in [0.05, 0.1) is 24.2 Å². The number of carbonyl (C=O) groups is 1. The van der Waals surface area contributed by atoms with E-state index in [1.165, 1.54) is 16.4 Å². The zero-order chi connectivity index (χ0) is 19.9. The third kappa shape index (κ3) is 5.98. The van der Waals surface area contributed by atoms with Crippen molar-refractivity contribution in [3.63, 3.8) is 0 Å². The van der Waals surface area contributed by atoms with E-state index in [9.17, 15) is 13.2 Å². The van der Waals surface area contributed by atoms with Crippen molar-refractivity contribution >= 4 is 21.6 Å². The Balaban J connectivity index is 1.95. The van der Waals surface area contributed by atoms with Crippen LogP contribution in [0.3, 0.4) is 0 Å². The first-order valence-electron chi connectivity index (χ1n) is 9.04. The number of anilines is 1. The first-order chi connectivity index (χ1) is 12.9. The quantitative estimate of drug-likeness (QED) is 0.624. The van der Waals surface area contributed by atoms with Crippen molar-refractivity contribution in [1.29, 1.82) is 0 Å². The van der Waals surface area contributed by atoms with Gasteiger partial charge >= 0.3 is 0 Å². The van der Waals surface area contributed by atoms with E-state index in [1.807, 2.05) is 18.9 Å². The highest BCUT2D eigenvalue weighted by molar-refractivity contribution is 7.89. The van der Waals surface area contributed by atoms with Gasteiger partial charge in [0.25, 0.3) is 0 Å². The second-order valence-corrected chi connectivity index (χ2v) is 8.47. The molecule has 0 bridgehead atoms. The Bertz CT molecular complexity index is 702. The maximum absolute atomic E-state index is 12.6. The van der Waals surface area contributed by atoms with Crippen LogP contribution in [0.15, 0.2) is 29.2 Å². The molecule has 1 heterocycles. The SMILES string of the molecule is COCCCN(C)C(C)C(=O)Nc1ccc(S(=O)(=O)N2CCOCC2)cc1. The first kappa shape index (κ1) is 21.8. The van der Waals surface area contributed by atoms with Gasteiger partial charge in [0.15, 0.2) is 0 Å². The summed E-state index contributed by atoms with van der Waals surface area (Å²) in [4.78, 5) is 14.6. The second kappa shape index (κ2) is 10.1. The fraction of sp³-hybridized carbons (Fsp3) is 0.611. The van der Waals surface area contributed by atoms with E-state index in [0.717, 1.165) is 13.0 Å². The minimum Gasteiger partial charge on any atom is -0.385 e. The maximum atomic E-state index is 12.6. The van der Waals surface area contributed by atoms with Crippen LogP contribution in [0.4, 0.5) is 5.69 Å². The molecule has 27 heavy (non-hydrogen) atoms.